The molecular formula is C11H24N2S. The zero-order valence-electron chi connectivity index (χ0n) is 9.30. The molecule has 0 aromatic carbocycles. The topological polar surface area (TPSA) is 38.0 Å². The van der Waals surface area contributed by atoms with Gasteiger partial charge in [0.15, 0.2) is 0 Å². The molecule has 0 spiro atoms. The van der Waals surface area contributed by atoms with E-state index in [1.807, 2.05) is 0 Å². The zero-order valence-corrected chi connectivity index (χ0v) is 10.1. The Bertz CT molecular complexity index is 135. The van der Waals surface area contributed by atoms with Crippen molar-refractivity contribution in [3.8, 4) is 0 Å². The maximum absolute atomic E-state index is 5.52. The van der Waals surface area contributed by atoms with Crippen molar-refractivity contribution in [3.05, 3.63) is 0 Å². The minimum Gasteiger partial charge on any atom is -0.330 e. The van der Waals surface area contributed by atoms with Crippen molar-refractivity contribution in [2.45, 2.75) is 50.3 Å². The van der Waals surface area contributed by atoms with E-state index in [0.717, 1.165) is 24.3 Å². The van der Waals surface area contributed by atoms with Gasteiger partial charge in [-0.1, -0.05) is 13.3 Å². The highest BCUT2D eigenvalue weighted by atomic mass is 32.2. The van der Waals surface area contributed by atoms with Crippen molar-refractivity contribution in [2.75, 3.05) is 18.8 Å². The van der Waals surface area contributed by atoms with E-state index in [9.17, 15) is 0 Å². The third-order valence-electron chi connectivity index (χ3n) is 2.85. The molecular weight excluding hydrogens is 192 g/mol. The van der Waals surface area contributed by atoms with E-state index in [0.29, 0.717) is 0 Å². The molecule has 2 atom stereocenters. The molecule has 2 unspecified atom stereocenters. The van der Waals surface area contributed by atoms with E-state index in [-0.39, 0.29) is 0 Å². The van der Waals surface area contributed by atoms with Gasteiger partial charge in [-0.2, -0.15) is 11.8 Å². The highest BCUT2D eigenvalue weighted by Gasteiger charge is 2.12. The van der Waals surface area contributed by atoms with Crippen LogP contribution in [0.25, 0.3) is 0 Å². The van der Waals surface area contributed by atoms with Crippen LogP contribution in [-0.2, 0) is 0 Å². The summed E-state index contributed by atoms with van der Waals surface area (Å²) in [7, 11) is 0. The van der Waals surface area contributed by atoms with Crippen molar-refractivity contribution in [3.63, 3.8) is 0 Å². The first kappa shape index (κ1) is 12.3. The van der Waals surface area contributed by atoms with Crippen molar-refractivity contribution in [1.29, 1.82) is 0 Å². The van der Waals surface area contributed by atoms with Crippen molar-refractivity contribution in [2.24, 2.45) is 5.73 Å². The number of nitrogens with one attached hydrogen (secondary N) is 1. The van der Waals surface area contributed by atoms with Crippen LogP contribution in [0.4, 0.5) is 0 Å². The SMILES string of the molecule is CC(CCN)SCCC1CCCCN1. The van der Waals surface area contributed by atoms with Crippen LogP contribution in [0.5, 0.6) is 0 Å². The fourth-order valence-electron chi connectivity index (χ4n) is 1.90. The van der Waals surface area contributed by atoms with Gasteiger partial charge in [0, 0.05) is 11.3 Å². The first-order valence-electron chi connectivity index (χ1n) is 5.88. The highest BCUT2D eigenvalue weighted by Crippen LogP contribution is 2.18. The van der Waals surface area contributed by atoms with Crippen LogP contribution in [0.3, 0.4) is 0 Å². The van der Waals surface area contributed by atoms with Gasteiger partial charge in [-0.25, -0.2) is 0 Å². The van der Waals surface area contributed by atoms with Crippen molar-refractivity contribution < 1.29 is 0 Å². The lowest BCUT2D eigenvalue weighted by Gasteiger charge is -2.23. The van der Waals surface area contributed by atoms with Gasteiger partial charge in [0.05, 0.1) is 0 Å². The molecule has 3 N–H and O–H groups in total. The van der Waals surface area contributed by atoms with Crippen LogP contribution in [0.2, 0.25) is 0 Å². The molecule has 0 radical (unpaired) electrons. The number of thioether (sulfide) groups is 1. The van der Waals surface area contributed by atoms with Gasteiger partial charge >= 0.3 is 0 Å². The van der Waals surface area contributed by atoms with Gasteiger partial charge in [-0.15, -0.1) is 0 Å². The van der Waals surface area contributed by atoms with Gasteiger partial charge in [-0.3, -0.25) is 0 Å². The summed E-state index contributed by atoms with van der Waals surface area (Å²) >= 11 is 2.07. The predicted molar refractivity (Wildman–Crippen MR) is 65.9 cm³/mol. The fraction of sp³-hybridized carbons (Fsp3) is 1.00. The van der Waals surface area contributed by atoms with Gasteiger partial charge in [-0.05, 0) is 44.5 Å². The monoisotopic (exact) mass is 216 g/mol. The Labute approximate surface area is 92.4 Å². The summed E-state index contributed by atoms with van der Waals surface area (Å²) in [5.74, 6) is 1.29. The minimum absolute atomic E-state index is 0.739. The van der Waals surface area contributed by atoms with E-state index in [2.05, 4.69) is 24.0 Å². The molecule has 0 aromatic heterocycles. The molecule has 14 heavy (non-hydrogen) atoms. The molecule has 1 aliphatic rings. The molecule has 0 amide bonds. The second-order valence-corrected chi connectivity index (χ2v) is 5.74. The van der Waals surface area contributed by atoms with E-state index in [4.69, 9.17) is 5.73 Å². The van der Waals surface area contributed by atoms with Crippen LogP contribution in [-0.4, -0.2) is 30.1 Å². The van der Waals surface area contributed by atoms with Crippen LogP contribution < -0.4 is 11.1 Å². The van der Waals surface area contributed by atoms with Crippen molar-refractivity contribution >= 4 is 11.8 Å². The molecule has 1 aliphatic heterocycles. The summed E-state index contributed by atoms with van der Waals surface area (Å²) in [6, 6.07) is 0.793. The summed E-state index contributed by atoms with van der Waals surface area (Å²) in [6.45, 7) is 4.34. The van der Waals surface area contributed by atoms with E-state index in [1.54, 1.807) is 0 Å². The Morgan fingerprint density at radius 3 is 3.00 bits per heavy atom. The number of nitrogens with two attached hydrogens (primary N) is 1. The standard InChI is InChI=1S/C11H24N2S/c1-10(5-7-12)14-9-6-11-4-2-3-8-13-11/h10-11,13H,2-9,12H2,1H3. The Morgan fingerprint density at radius 1 is 1.50 bits per heavy atom. The van der Waals surface area contributed by atoms with E-state index in [1.165, 1.54) is 38.0 Å². The molecule has 1 heterocycles. The summed E-state index contributed by atoms with van der Waals surface area (Å²) in [6.07, 6.45) is 6.65. The Hall–Kier alpha value is 0.270. The van der Waals surface area contributed by atoms with Gasteiger partial charge in [0.1, 0.15) is 0 Å². The average molecular weight is 216 g/mol. The Morgan fingerprint density at radius 2 is 2.36 bits per heavy atom. The Balaban J connectivity index is 1.96. The smallest absolute Gasteiger partial charge is 0.00749 e. The highest BCUT2D eigenvalue weighted by molar-refractivity contribution is 7.99. The van der Waals surface area contributed by atoms with E-state index < -0.39 is 0 Å². The summed E-state index contributed by atoms with van der Waals surface area (Å²) in [5.41, 5.74) is 5.52. The fourth-order valence-corrected chi connectivity index (χ4v) is 3.03. The summed E-state index contributed by atoms with van der Waals surface area (Å²) < 4.78 is 0. The molecule has 3 heteroatoms. The molecule has 1 rings (SSSR count). The lowest BCUT2D eigenvalue weighted by atomic mass is 10.0. The summed E-state index contributed by atoms with van der Waals surface area (Å²) in [4.78, 5) is 0. The van der Waals surface area contributed by atoms with Gasteiger partial charge in [0.2, 0.25) is 0 Å². The third-order valence-corrected chi connectivity index (χ3v) is 4.13. The lowest BCUT2D eigenvalue weighted by molar-refractivity contribution is 0.394. The molecule has 1 saturated heterocycles. The number of hydrogen-bond donors (Lipinski definition) is 2. The Kier molecular flexibility index (Phi) is 6.65. The van der Waals surface area contributed by atoms with Crippen LogP contribution in [0.15, 0.2) is 0 Å². The predicted octanol–water partition coefficient (Wildman–Crippen LogP) is 1.99. The minimum atomic E-state index is 0.739. The molecule has 0 aromatic rings. The quantitative estimate of drug-likeness (QED) is 0.713. The van der Waals surface area contributed by atoms with Crippen LogP contribution in [0, 0.1) is 0 Å². The number of rotatable bonds is 6. The first-order valence-corrected chi connectivity index (χ1v) is 6.93. The lowest BCUT2D eigenvalue weighted by Crippen LogP contribution is -2.34. The normalized spacial score (nSPS) is 24.9. The average Bonchev–Trinajstić information content (AvgIpc) is 2.20. The summed E-state index contributed by atoms with van der Waals surface area (Å²) in [5, 5.41) is 4.33. The molecule has 84 valence electrons. The number of piperidine rings is 1. The molecule has 0 bridgehead atoms. The second kappa shape index (κ2) is 7.55. The second-order valence-electron chi connectivity index (χ2n) is 4.19. The molecule has 0 saturated carbocycles. The third kappa shape index (κ3) is 5.23. The van der Waals surface area contributed by atoms with E-state index >= 15 is 0 Å². The largest absolute Gasteiger partial charge is 0.330 e. The maximum atomic E-state index is 5.52. The zero-order chi connectivity index (χ0) is 10.2. The van der Waals surface area contributed by atoms with Gasteiger partial charge < -0.3 is 11.1 Å². The van der Waals surface area contributed by atoms with Crippen LogP contribution >= 0.6 is 11.8 Å². The molecule has 0 aliphatic carbocycles. The number of hydrogen-bond acceptors (Lipinski definition) is 3. The maximum Gasteiger partial charge on any atom is 0.00749 e. The molecule has 2 nitrogen and oxygen atoms in total. The first-order chi connectivity index (χ1) is 6.83. The van der Waals surface area contributed by atoms with Crippen LogP contribution in [0.1, 0.15) is 39.0 Å². The van der Waals surface area contributed by atoms with Crippen molar-refractivity contribution in [1.82, 2.24) is 5.32 Å². The van der Waals surface area contributed by atoms with Gasteiger partial charge in [0.25, 0.3) is 0 Å². The molecule has 1 fully saturated rings.